The molecule has 0 bridgehead atoms. The van der Waals surface area contributed by atoms with E-state index in [-0.39, 0.29) is 36.7 Å². The third-order valence-corrected chi connectivity index (χ3v) is 3.07. The van der Waals surface area contributed by atoms with Gasteiger partial charge in [-0.1, -0.05) is 49.8 Å². The molecule has 0 heterocycles. The average molecular weight is 250 g/mol. The van der Waals surface area contributed by atoms with E-state index in [1.807, 2.05) is 0 Å². The van der Waals surface area contributed by atoms with Crippen molar-refractivity contribution in [2.24, 2.45) is 0 Å². The number of halogens is 1. The summed E-state index contributed by atoms with van der Waals surface area (Å²) in [6.07, 6.45) is 7.08. The fourth-order valence-electron chi connectivity index (χ4n) is 1.27. The third kappa shape index (κ3) is 12.8. The normalized spacial score (nSPS) is 11.1. The minimum Gasteiger partial charge on any atom is -1.00 e. The monoisotopic (exact) mass is 250 g/mol. The molecule has 0 aromatic rings. The summed E-state index contributed by atoms with van der Waals surface area (Å²) in [4.78, 5) is 0. The predicted octanol–water partition coefficient (Wildman–Crippen LogP) is 0.0844. The molecule has 0 aliphatic carbocycles. The van der Waals surface area contributed by atoms with Gasteiger partial charge in [-0.25, -0.2) is 0 Å². The molecule has 3 nitrogen and oxygen atoms in total. The van der Waals surface area contributed by atoms with Gasteiger partial charge in [-0.15, -0.1) is 0 Å². The Balaban J connectivity index is -0.000000845. The molecule has 0 atom stereocenters. The van der Waals surface area contributed by atoms with Crippen molar-refractivity contribution < 1.29 is 48.3 Å². The quantitative estimate of drug-likeness (QED) is 0.430. The van der Waals surface area contributed by atoms with Gasteiger partial charge in [0.2, 0.25) is 0 Å². The number of unbranched alkanes of at least 4 members (excludes halogenated alkanes) is 6. The van der Waals surface area contributed by atoms with Crippen LogP contribution in [-0.4, -0.2) is 14.2 Å². The van der Waals surface area contributed by atoms with Crippen molar-refractivity contribution in [3.8, 4) is 0 Å². The number of hydrogen-bond acceptors (Lipinski definition) is 3. The summed E-state index contributed by atoms with van der Waals surface area (Å²) in [5, 5.41) is 0. The van der Waals surface area contributed by atoms with Crippen LogP contribution < -0.4 is 29.6 Å². The van der Waals surface area contributed by atoms with E-state index in [1.165, 1.54) is 19.3 Å². The second-order valence-electron chi connectivity index (χ2n) is 3.45. The molecular formula is C9H20FNaO3S. The molecule has 0 aromatic heterocycles. The molecule has 0 spiro atoms. The van der Waals surface area contributed by atoms with E-state index in [0.29, 0.717) is 6.42 Å². The topological polar surface area (TPSA) is 43.4 Å². The first-order valence-electron chi connectivity index (χ1n) is 5.15. The van der Waals surface area contributed by atoms with Crippen LogP contribution in [-0.2, 0) is 14.5 Å². The summed E-state index contributed by atoms with van der Waals surface area (Å²) in [5.41, 5.74) is 0. The Labute approximate surface area is 116 Å². The molecule has 0 amide bonds. The first-order chi connectivity index (χ1) is 6.62. The van der Waals surface area contributed by atoms with Crippen LogP contribution in [0.2, 0.25) is 0 Å². The van der Waals surface area contributed by atoms with E-state index in [0.717, 1.165) is 19.3 Å². The smallest absolute Gasteiger partial charge is 1.00 e. The maximum atomic E-state index is 11.4. The van der Waals surface area contributed by atoms with Crippen LogP contribution in [0.3, 0.4) is 0 Å². The van der Waals surface area contributed by atoms with Crippen LogP contribution >= 0.6 is 0 Å². The molecule has 88 valence electrons. The zero-order valence-electron chi connectivity index (χ0n) is 10.7. The molecule has 0 radical (unpaired) electrons. The SMILES string of the molecule is CCCCCCCCCS(=O)(=O)OF.[H-].[Na+]. The van der Waals surface area contributed by atoms with E-state index in [1.54, 1.807) is 0 Å². The molecule has 0 aliphatic heterocycles. The van der Waals surface area contributed by atoms with Gasteiger partial charge >= 0.3 is 29.6 Å². The van der Waals surface area contributed by atoms with Gasteiger partial charge in [-0.2, -0.15) is 8.42 Å². The van der Waals surface area contributed by atoms with Gasteiger partial charge in [0.15, 0.2) is 0 Å². The molecule has 0 N–H and O–H groups in total. The predicted molar refractivity (Wildman–Crippen MR) is 55.1 cm³/mol. The Morgan fingerprint density at radius 1 is 1.07 bits per heavy atom. The number of hydrogen-bond donors (Lipinski definition) is 0. The second-order valence-corrected chi connectivity index (χ2v) is 5.10. The molecular weight excluding hydrogens is 230 g/mol. The maximum absolute atomic E-state index is 11.4. The fraction of sp³-hybridized carbons (Fsp3) is 1.00. The fourth-order valence-corrected chi connectivity index (χ4v) is 1.89. The van der Waals surface area contributed by atoms with E-state index in [2.05, 4.69) is 11.3 Å². The molecule has 0 saturated carbocycles. The summed E-state index contributed by atoms with van der Waals surface area (Å²) < 4.78 is 35.3. The van der Waals surface area contributed by atoms with E-state index in [9.17, 15) is 12.9 Å². The first kappa shape index (κ1) is 18.2. The Kier molecular flexibility index (Phi) is 13.8. The summed E-state index contributed by atoms with van der Waals surface area (Å²) in [6, 6.07) is 0. The zero-order valence-corrected chi connectivity index (χ0v) is 12.5. The molecule has 15 heavy (non-hydrogen) atoms. The molecule has 0 rings (SSSR count). The van der Waals surface area contributed by atoms with E-state index in [4.69, 9.17) is 0 Å². The van der Waals surface area contributed by atoms with Gasteiger partial charge < -0.3 is 1.43 Å². The van der Waals surface area contributed by atoms with Crippen molar-refractivity contribution in [2.75, 3.05) is 5.75 Å². The largest absolute Gasteiger partial charge is 1.00 e. The average Bonchev–Trinajstić information content (AvgIpc) is 2.16. The van der Waals surface area contributed by atoms with Gasteiger partial charge in [-0.05, 0) is 10.9 Å². The second kappa shape index (κ2) is 11.3. The van der Waals surface area contributed by atoms with Crippen LogP contribution in [0.15, 0.2) is 0 Å². The summed E-state index contributed by atoms with van der Waals surface area (Å²) >= 11 is 0. The van der Waals surface area contributed by atoms with Crippen molar-refractivity contribution in [1.29, 1.82) is 0 Å². The summed E-state index contributed by atoms with van der Waals surface area (Å²) in [7, 11) is -3.88. The van der Waals surface area contributed by atoms with Gasteiger partial charge in [0.25, 0.3) is 10.1 Å². The Bertz CT molecular complexity index is 225. The molecule has 0 fully saturated rings. The van der Waals surface area contributed by atoms with Gasteiger partial charge in [0.1, 0.15) is 0 Å². The van der Waals surface area contributed by atoms with Crippen LogP contribution in [0.1, 0.15) is 53.3 Å². The maximum Gasteiger partial charge on any atom is 1.00 e. The molecule has 0 aliphatic rings. The minimum absolute atomic E-state index is 0. The first-order valence-corrected chi connectivity index (χ1v) is 6.73. The van der Waals surface area contributed by atoms with E-state index >= 15 is 0 Å². The Morgan fingerprint density at radius 3 is 2.00 bits per heavy atom. The standard InChI is InChI=1S/C9H19FO3S.Na.H/c1-2-3-4-5-6-7-8-9-14(11,12)13-10;;/h2-9H2,1H3;;/q;+1;-1. The van der Waals surface area contributed by atoms with Crippen LogP contribution in [0.25, 0.3) is 0 Å². The number of rotatable bonds is 9. The molecule has 6 heteroatoms. The minimum atomic E-state index is -3.88. The Hall–Kier alpha value is 0.840. The summed E-state index contributed by atoms with van der Waals surface area (Å²) in [6.45, 7) is 2.14. The van der Waals surface area contributed by atoms with Crippen LogP contribution in [0.5, 0.6) is 0 Å². The third-order valence-electron chi connectivity index (χ3n) is 2.09. The molecule has 0 aromatic carbocycles. The van der Waals surface area contributed by atoms with Gasteiger partial charge in [0, 0.05) is 0 Å². The summed E-state index contributed by atoms with van der Waals surface area (Å²) in [5.74, 6) is -0.211. The Morgan fingerprint density at radius 2 is 1.53 bits per heavy atom. The molecule has 0 unspecified atom stereocenters. The zero-order chi connectivity index (χ0) is 10.9. The van der Waals surface area contributed by atoms with Crippen molar-refractivity contribution in [3.05, 3.63) is 0 Å². The van der Waals surface area contributed by atoms with Gasteiger partial charge in [-0.3, -0.25) is 0 Å². The van der Waals surface area contributed by atoms with Gasteiger partial charge in [0.05, 0.1) is 5.75 Å². The van der Waals surface area contributed by atoms with Crippen molar-refractivity contribution >= 4 is 10.1 Å². The van der Waals surface area contributed by atoms with Crippen molar-refractivity contribution in [1.82, 2.24) is 0 Å². The van der Waals surface area contributed by atoms with E-state index < -0.39 is 10.1 Å². The van der Waals surface area contributed by atoms with Crippen molar-refractivity contribution in [2.45, 2.75) is 51.9 Å². The van der Waals surface area contributed by atoms with Crippen molar-refractivity contribution in [3.63, 3.8) is 0 Å². The van der Waals surface area contributed by atoms with Crippen LogP contribution in [0, 0.1) is 0 Å². The van der Waals surface area contributed by atoms with Crippen LogP contribution in [0.4, 0.5) is 4.53 Å². The molecule has 0 saturated heterocycles.